The van der Waals surface area contributed by atoms with Crippen molar-refractivity contribution in [1.82, 2.24) is 5.43 Å². The van der Waals surface area contributed by atoms with Crippen molar-refractivity contribution < 1.29 is 15.0 Å². The standard InChI is InChI=1S/C16H15Br2N3O3/c1-9-13(17)4-11(5-14(9)18)19-8-16(24)21-20-7-10-2-3-12(22)6-15(10)23/h2-7,19,22-23H,8H2,1H3,(H,21,24)/b20-7-. The fourth-order valence-corrected chi connectivity index (χ4v) is 2.97. The molecule has 1 amide bonds. The van der Waals surface area contributed by atoms with Crippen LogP contribution in [0.15, 0.2) is 44.4 Å². The van der Waals surface area contributed by atoms with Crippen LogP contribution in [0.3, 0.4) is 0 Å². The van der Waals surface area contributed by atoms with Crippen LogP contribution in [0.25, 0.3) is 0 Å². The van der Waals surface area contributed by atoms with Crippen LogP contribution in [0.1, 0.15) is 11.1 Å². The molecule has 2 rings (SSSR count). The largest absolute Gasteiger partial charge is 0.508 e. The Kier molecular flexibility index (Phi) is 6.22. The highest BCUT2D eigenvalue weighted by Crippen LogP contribution is 2.28. The summed E-state index contributed by atoms with van der Waals surface area (Å²) in [6.07, 6.45) is 1.30. The maximum Gasteiger partial charge on any atom is 0.259 e. The topological polar surface area (TPSA) is 94.0 Å². The van der Waals surface area contributed by atoms with Crippen molar-refractivity contribution >= 4 is 49.7 Å². The molecule has 0 spiro atoms. The summed E-state index contributed by atoms with van der Waals surface area (Å²) in [5, 5.41) is 25.6. The number of carbonyl (C=O) groups is 1. The van der Waals surface area contributed by atoms with Gasteiger partial charge in [-0.25, -0.2) is 5.43 Å². The van der Waals surface area contributed by atoms with E-state index in [0.29, 0.717) is 5.56 Å². The SMILES string of the molecule is Cc1c(Br)cc(NCC(=O)N/N=C\c2ccc(O)cc2O)cc1Br. The van der Waals surface area contributed by atoms with Crippen LogP contribution in [0.4, 0.5) is 5.69 Å². The Morgan fingerprint density at radius 2 is 1.88 bits per heavy atom. The monoisotopic (exact) mass is 455 g/mol. The van der Waals surface area contributed by atoms with Crippen molar-refractivity contribution in [2.24, 2.45) is 5.10 Å². The van der Waals surface area contributed by atoms with Gasteiger partial charge in [-0.05, 0) is 36.8 Å². The second-order valence-electron chi connectivity index (χ2n) is 4.95. The number of hydrogen-bond acceptors (Lipinski definition) is 5. The van der Waals surface area contributed by atoms with Crippen LogP contribution in [0, 0.1) is 6.92 Å². The van der Waals surface area contributed by atoms with Gasteiger partial charge >= 0.3 is 0 Å². The minimum atomic E-state index is -0.336. The molecule has 8 heteroatoms. The number of carbonyl (C=O) groups excluding carboxylic acids is 1. The smallest absolute Gasteiger partial charge is 0.259 e. The van der Waals surface area contributed by atoms with Crippen LogP contribution >= 0.6 is 31.9 Å². The maximum atomic E-state index is 11.8. The molecule has 0 atom stereocenters. The molecule has 2 aromatic carbocycles. The zero-order chi connectivity index (χ0) is 17.7. The lowest BCUT2D eigenvalue weighted by atomic mass is 10.2. The molecule has 0 bridgehead atoms. The second kappa shape index (κ2) is 8.16. The molecule has 0 radical (unpaired) electrons. The van der Waals surface area contributed by atoms with Gasteiger partial charge in [-0.1, -0.05) is 31.9 Å². The number of hydrogen-bond donors (Lipinski definition) is 4. The highest BCUT2D eigenvalue weighted by Gasteiger charge is 2.05. The Bertz CT molecular complexity index is 771. The average molecular weight is 457 g/mol. The molecule has 6 nitrogen and oxygen atoms in total. The van der Waals surface area contributed by atoms with Crippen molar-refractivity contribution in [3.63, 3.8) is 0 Å². The minimum absolute atomic E-state index is 0.0425. The summed E-state index contributed by atoms with van der Waals surface area (Å²) in [7, 11) is 0. The quantitative estimate of drug-likeness (QED) is 0.409. The van der Waals surface area contributed by atoms with E-state index in [-0.39, 0.29) is 24.0 Å². The second-order valence-corrected chi connectivity index (χ2v) is 6.66. The maximum absolute atomic E-state index is 11.8. The number of phenols is 2. The number of amides is 1. The first-order chi connectivity index (χ1) is 11.4. The van der Waals surface area contributed by atoms with Gasteiger partial charge in [-0.2, -0.15) is 5.10 Å². The van der Waals surface area contributed by atoms with Gasteiger partial charge in [-0.3, -0.25) is 4.79 Å². The number of rotatable bonds is 5. The van der Waals surface area contributed by atoms with Crippen molar-refractivity contribution in [2.45, 2.75) is 6.92 Å². The molecule has 0 aliphatic heterocycles. The summed E-state index contributed by atoms with van der Waals surface area (Å²) in [5.74, 6) is -0.508. The number of phenolic OH excluding ortho intramolecular Hbond substituents is 2. The van der Waals surface area contributed by atoms with Crippen molar-refractivity contribution in [3.8, 4) is 11.5 Å². The summed E-state index contributed by atoms with van der Waals surface area (Å²) in [6, 6.07) is 7.85. The van der Waals surface area contributed by atoms with E-state index in [1.165, 1.54) is 24.4 Å². The third kappa shape index (κ3) is 4.97. The molecule has 4 N–H and O–H groups in total. The van der Waals surface area contributed by atoms with Crippen LogP contribution in [0.5, 0.6) is 11.5 Å². The molecule has 0 saturated carbocycles. The van der Waals surface area contributed by atoms with Gasteiger partial charge in [0, 0.05) is 26.3 Å². The molecule has 0 unspecified atom stereocenters. The fraction of sp³-hybridized carbons (Fsp3) is 0.125. The highest BCUT2D eigenvalue weighted by atomic mass is 79.9. The molecule has 0 saturated heterocycles. The molecular weight excluding hydrogens is 442 g/mol. The molecule has 2 aromatic rings. The Labute approximate surface area is 155 Å². The van der Waals surface area contributed by atoms with Crippen molar-refractivity contribution in [1.29, 1.82) is 0 Å². The number of nitrogens with zero attached hydrogens (tertiary/aromatic N) is 1. The van der Waals surface area contributed by atoms with Gasteiger partial charge in [0.25, 0.3) is 5.91 Å². The van der Waals surface area contributed by atoms with Gasteiger partial charge in [0.05, 0.1) is 12.8 Å². The van der Waals surface area contributed by atoms with E-state index in [1.54, 1.807) is 0 Å². The van der Waals surface area contributed by atoms with Crippen molar-refractivity contribution in [2.75, 3.05) is 11.9 Å². The number of halogens is 2. The number of benzene rings is 2. The van der Waals surface area contributed by atoms with Crippen molar-refractivity contribution in [3.05, 3.63) is 50.4 Å². The summed E-state index contributed by atoms with van der Waals surface area (Å²) in [6.45, 7) is 2.01. The first-order valence-electron chi connectivity index (χ1n) is 6.90. The van der Waals surface area contributed by atoms with Gasteiger partial charge < -0.3 is 15.5 Å². The summed E-state index contributed by atoms with van der Waals surface area (Å²) >= 11 is 6.90. The Balaban J connectivity index is 1.88. The fourth-order valence-electron chi connectivity index (χ4n) is 1.78. The predicted molar refractivity (Wildman–Crippen MR) is 101 cm³/mol. The number of anilines is 1. The van der Waals surface area contributed by atoms with E-state index in [9.17, 15) is 15.0 Å². The lowest BCUT2D eigenvalue weighted by Crippen LogP contribution is -2.25. The van der Waals surface area contributed by atoms with E-state index in [4.69, 9.17) is 0 Å². The first kappa shape index (κ1) is 18.3. The predicted octanol–water partition coefficient (Wildman–Crippen LogP) is 3.49. The van der Waals surface area contributed by atoms with Crippen LogP contribution < -0.4 is 10.7 Å². The summed E-state index contributed by atoms with van der Waals surface area (Å²) < 4.78 is 1.86. The average Bonchev–Trinajstić information content (AvgIpc) is 2.52. The number of nitrogens with one attached hydrogen (secondary N) is 2. The summed E-state index contributed by atoms with van der Waals surface area (Å²) in [5.41, 5.74) is 4.60. The van der Waals surface area contributed by atoms with Gasteiger partial charge in [0.1, 0.15) is 11.5 Å². The number of hydrazone groups is 1. The Morgan fingerprint density at radius 3 is 2.50 bits per heavy atom. The normalized spacial score (nSPS) is 10.8. The van der Waals surface area contributed by atoms with E-state index in [1.807, 2.05) is 19.1 Å². The van der Waals surface area contributed by atoms with E-state index in [0.717, 1.165) is 20.2 Å². The zero-order valence-corrected chi connectivity index (χ0v) is 15.8. The highest BCUT2D eigenvalue weighted by molar-refractivity contribution is 9.11. The molecule has 24 heavy (non-hydrogen) atoms. The van der Waals surface area contributed by atoms with Crippen LogP contribution in [-0.4, -0.2) is 28.9 Å². The molecule has 0 aromatic heterocycles. The summed E-state index contributed by atoms with van der Waals surface area (Å²) in [4.78, 5) is 11.8. The van der Waals surface area contributed by atoms with E-state index < -0.39 is 0 Å². The molecule has 0 aliphatic carbocycles. The molecular formula is C16H15Br2N3O3. The zero-order valence-electron chi connectivity index (χ0n) is 12.7. The minimum Gasteiger partial charge on any atom is -0.508 e. The molecule has 0 heterocycles. The van der Waals surface area contributed by atoms with Gasteiger partial charge in [0.15, 0.2) is 0 Å². The van der Waals surface area contributed by atoms with E-state index >= 15 is 0 Å². The van der Waals surface area contributed by atoms with Crippen LogP contribution in [0.2, 0.25) is 0 Å². The molecule has 0 fully saturated rings. The molecule has 126 valence electrons. The van der Waals surface area contributed by atoms with Crippen LogP contribution in [-0.2, 0) is 4.79 Å². The van der Waals surface area contributed by atoms with Gasteiger partial charge in [-0.15, -0.1) is 0 Å². The Morgan fingerprint density at radius 1 is 1.21 bits per heavy atom. The Hall–Kier alpha value is -2.06. The van der Waals surface area contributed by atoms with E-state index in [2.05, 4.69) is 47.7 Å². The van der Waals surface area contributed by atoms with Gasteiger partial charge in [0.2, 0.25) is 0 Å². The third-order valence-corrected chi connectivity index (χ3v) is 4.79. The lowest BCUT2D eigenvalue weighted by Gasteiger charge is -2.09. The molecule has 0 aliphatic rings. The first-order valence-corrected chi connectivity index (χ1v) is 8.49. The third-order valence-electron chi connectivity index (χ3n) is 3.14. The lowest BCUT2D eigenvalue weighted by molar-refractivity contribution is -0.119. The number of aromatic hydroxyl groups is 2.